The van der Waals surface area contributed by atoms with Crippen LogP contribution in [0.5, 0.6) is 0 Å². The maximum absolute atomic E-state index is 4.56. The van der Waals surface area contributed by atoms with Crippen LogP contribution in [0.3, 0.4) is 0 Å². The zero-order chi connectivity index (χ0) is 14.4. The highest BCUT2D eigenvalue weighted by Gasteiger charge is 2.12. The molecule has 2 aromatic heterocycles. The number of halogens is 1. The fraction of sp³-hybridized carbons (Fsp3) is 0.467. The van der Waals surface area contributed by atoms with Crippen molar-refractivity contribution in [3.8, 4) is 0 Å². The second kappa shape index (κ2) is 7.86. The first-order valence-corrected chi connectivity index (χ1v) is 8.59. The Bertz CT molecular complexity index is 524. The van der Waals surface area contributed by atoms with Crippen LogP contribution < -0.4 is 5.32 Å². The molecule has 2 rings (SSSR count). The van der Waals surface area contributed by atoms with E-state index in [0.717, 1.165) is 41.7 Å². The molecule has 0 saturated heterocycles. The smallest absolute Gasteiger partial charge is 0.0943 e. The lowest BCUT2D eigenvalue weighted by Crippen LogP contribution is -2.34. The maximum Gasteiger partial charge on any atom is 0.0943 e. The molecule has 0 amide bonds. The van der Waals surface area contributed by atoms with Crippen LogP contribution in [0, 0.1) is 6.92 Å². The molecule has 0 aliphatic heterocycles. The maximum atomic E-state index is 4.56. The van der Waals surface area contributed by atoms with Gasteiger partial charge >= 0.3 is 0 Å². The van der Waals surface area contributed by atoms with Crippen molar-refractivity contribution in [2.75, 3.05) is 6.54 Å². The molecule has 0 aliphatic rings. The molecule has 5 heteroatoms. The van der Waals surface area contributed by atoms with Crippen molar-refractivity contribution in [1.82, 2.24) is 15.3 Å². The summed E-state index contributed by atoms with van der Waals surface area (Å²) < 4.78 is 1.02. The van der Waals surface area contributed by atoms with E-state index in [2.05, 4.69) is 49.6 Å². The lowest BCUT2D eigenvalue weighted by atomic mass is 10.1. The molecule has 0 aliphatic carbocycles. The molecule has 0 spiro atoms. The number of hydrogen-bond acceptors (Lipinski definition) is 4. The lowest BCUT2D eigenvalue weighted by Gasteiger charge is -2.17. The summed E-state index contributed by atoms with van der Waals surface area (Å²) >= 11 is 5.17. The van der Waals surface area contributed by atoms with Crippen molar-refractivity contribution >= 4 is 27.3 Å². The third-order valence-electron chi connectivity index (χ3n) is 3.01. The number of aryl methyl sites for hydroxylation is 1. The topological polar surface area (TPSA) is 37.8 Å². The summed E-state index contributed by atoms with van der Waals surface area (Å²) in [5.41, 5.74) is 2.23. The van der Waals surface area contributed by atoms with Gasteiger partial charge in [-0.2, -0.15) is 0 Å². The molecular formula is C15H20BrN3S. The van der Waals surface area contributed by atoms with E-state index in [1.54, 1.807) is 11.3 Å². The Morgan fingerprint density at radius 2 is 2.20 bits per heavy atom. The average molecular weight is 354 g/mol. The predicted molar refractivity (Wildman–Crippen MR) is 88.3 cm³/mol. The second-order valence-corrected chi connectivity index (χ2v) is 6.77. The number of thiazole rings is 1. The van der Waals surface area contributed by atoms with Crippen molar-refractivity contribution in [1.29, 1.82) is 0 Å². The molecule has 0 fully saturated rings. The number of rotatable bonds is 7. The number of pyridine rings is 1. The van der Waals surface area contributed by atoms with Crippen LogP contribution in [0.4, 0.5) is 0 Å². The standard InChI is InChI=1S/C15H20BrN3S/c1-3-6-17-14(8-15-19-11(2)10-20-15)7-13-5-4-12(16)9-18-13/h4-5,9-10,14,17H,3,6-8H2,1-2H3. The molecule has 108 valence electrons. The molecule has 0 bridgehead atoms. The van der Waals surface area contributed by atoms with Gasteiger partial charge in [0.05, 0.1) is 5.01 Å². The lowest BCUT2D eigenvalue weighted by molar-refractivity contribution is 0.499. The van der Waals surface area contributed by atoms with Crippen molar-refractivity contribution in [3.63, 3.8) is 0 Å². The molecule has 3 nitrogen and oxygen atoms in total. The van der Waals surface area contributed by atoms with Gasteiger partial charge in [0, 0.05) is 46.3 Å². The van der Waals surface area contributed by atoms with Crippen LogP contribution >= 0.6 is 27.3 Å². The highest BCUT2D eigenvalue weighted by Crippen LogP contribution is 2.14. The molecule has 0 saturated carbocycles. The highest BCUT2D eigenvalue weighted by molar-refractivity contribution is 9.10. The first-order chi connectivity index (χ1) is 9.67. The van der Waals surface area contributed by atoms with Crippen LogP contribution in [-0.2, 0) is 12.8 Å². The summed E-state index contributed by atoms with van der Waals surface area (Å²) in [6.45, 7) is 5.27. The first-order valence-electron chi connectivity index (χ1n) is 6.92. The summed E-state index contributed by atoms with van der Waals surface area (Å²) in [7, 11) is 0. The minimum atomic E-state index is 0.397. The van der Waals surface area contributed by atoms with Crippen molar-refractivity contribution in [2.45, 2.75) is 39.2 Å². The minimum Gasteiger partial charge on any atom is -0.313 e. The quantitative estimate of drug-likeness (QED) is 0.823. The highest BCUT2D eigenvalue weighted by atomic mass is 79.9. The third-order valence-corrected chi connectivity index (χ3v) is 4.47. The van der Waals surface area contributed by atoms with Crippen LogP contribution in [0.15, 0.2) is 28.2 Å². The number of hydrogen-bond donors (Lipinski definition) is 1. The predicted octanol–water partition coefficient (Wildman–Crippen LogP) is 3.76. The summed E-state index contributed by atoms with van der Waals surface area (Å²) in [6.07, 6.45) is 4.91. The molecule has 0 radical (unpaired) electrons. The van der Waals surface area contributed by atoms with Gasteiger partial charge in [-0.05, 0) is 48.0 Å². The van der Waals surface area contributed by atoms with Crippen LogP contribution in [0.1, 0.15) is 29.7 Å². The summed E-state index contributed by atoms with van der Waals surface area (Å²) in [6, 6.07) is 4.53. The summed E-state index contributed by atoms with van der Waals surface area (Å²) in [4.78, 5) is 9.03. The van der Waals surface area contributed by atoms with Gasteiger partial charge in [0.2, 0.25) is 0 Å². The van der Waals surface area contributed by atoms with E-state index in [1.165, 1.54) is 5.01 Å². The Morgan fingerprint density at radius 3 is 2.80 bits per heavy atom. The van der Waals surface area contributed by atoms with E-state index >= 15 is 0 Å². The zero-order valence-corrected chi connectivity index (χ0v) is 14.3. The van der Waals surface area contributed by atoms with Gasteiger partial charge in [-0.15, -0.1) is 11.3 Å². The molecule has 2 heterocycles. The molecule has 20 heavy (non-hydrogen) atoms. The van der Waals surface area contributed by atoms with Crippen molar-refractivity contribution in [3.05, 3.63) is 44.6 Å². The average Bonchev–Trinajstić information content (AvgIpc) is 2.84. The molecular weight excluding hydrogens is 334 g/mol. The Labute approximate surface area is 133 Å². The Kier molecular flexibility index (Phi) is 6.13. The van der Waals surface area contributed by atoms with E-state index in [4.69, 9.17) is 0 Å². The van der Waals surface area contributed by atoms with Gasteiger partial charge in [0.25, 0.3) is 0 Å². The second-order valence-electron chi connectivity index (χ2n) is 4.91. The monoisotopic (exact) mass is 353 g/mol. The minimum absolute atomic E-state index is 0.397. The third kappa shape index (κ3) is 4.96. The molecule has 0 aromatic carbocycles. The van der Waals surface area contributed by atoms with Crippen LogP contribution in [0.2, 0.25) is 0 Å². The molecule has 2 aromatic rings. The number of nitrogens with zero attached hydrogens (tertiary/aromatic N) is 2. The van der Waals surface area contributed by atoms with Gasteiger partial charge in [-0.3, -0.25) is 4.98 Å². The summed E-state index contributed by atoms with van der Waals surface area (Å²) in [5.74, 6) is 0. The Balaban J connectivity index is 2.00. The van der Waals surface area contributed by atoms with Gasteiger partial charge in [0.1, 0.15) is 0 Å². The first kappa shape index (κ1) is 15.6. The number of nitrogens with one attached hydrogen (secondary N) is 1. The van der Waals surface area contributed by atoms with E-state index in [-0.39, 0.29) is 0 Å². The Hall–Kier alpha value is -0.780. The van der Waals surface area contributed by atoms with Crippen LogP contribution in [-0.4, -0.2) is 22.6 Å². The van der Waals surface area contributed by atoms with Gasteiger partial charge < -0.3 is 5.32 Å². The van der Waals surface area contributed by atoms with Gasteiger partial charge in [-0.25, -0.2) is 4.98 Å². The SMILES string of the molecule is CCCNC(Cc1ccc(Br)cn1)Cc1nc(C)cs1. The van der Waals surface area contributed by atoms with Crippen molar-refractivity contribution in [2.24, 2.45) is 0 Å². The normalized spacial score (nSPS) is 12.6. The number of aromatic nitrogens is 2. The van der Waals surface area contributed by atoms with E-state index in [1.807, 2.05) is 19.2 Å². The molecule has 1 unspecified atom stereocenters. The van der Waals surface area contributed by atoms with E-state index < -0.39 is 0 Å². The fourth-order valence-corrected chi connectivity index (χ4v) is 3.14. The van der Waals surface area contributed by atoms with Gasteiger partial charge in [-0.1, -0.05) is 6.92 Å². The van der Waals surface area contributed by atoms with Crippen LogP contribution in [0.25, 0.3) is 0 Å². The fourth-order valence-electron chi connectivity index (χ4n) is 2.05. The Morgan fingerprint density at radius 1 is 1.35 bits per heavy atom. The van der Waals surface area contributed by atoms with E-state index in [0.29, 0.717) is 6.04 Å². The molecule has 1 atom stereocenters. The summed E-state index contributed by atoms with van der Waals surface area (Å²) in [5, 5.41) is 6.92. The van der Waals surface area contributed by atoms with Crippen molar-refractivity contribution < 1.29 is 0 Å². The van der Waals surface area contributed by atoms with E-state index in [9.17, 15) is 0 Å². The largest absolute Gasteiger partial charge is 0.313 e. The molecule has 1 N–H and O–H groups in total. The zero-order valence-electron chi connectivity index (χ0n) is 11.9. The van der Waals surface area contributed by atoms with Gasteiger partial charge in [0.15, 0.2) is 0 Å².